The first-order valence-electron chi connectivity index (χ1n) is 6.71. The van der Waals surface area contributed by atoms with Crippen LogP contribution in [0, 0.1) is 5.92 Å². The highest BCUT2D eigenvalue weighted by Gasteiger charge is 2.20. The molecule has 1 aromatic rings. The minimum absolute atomic E-state index is 0.00755. The van der Waals surface area contributed by atoms with Crippen molar-refractivity contribution in [2.45, 2.75) is 13.8 Å². The van der Waals surface area contributed by atoms with Gasteiger partial charge in [-0.1, -0.05) is 31.5 Å². The van der Waals surface area contributed by atoms with E-state index in [1.807, 2.05) is 31.1 Å². The average Bonchev–Trinajstić information content (AvgIpc) is 2.36. The molecule has 5 heteroatoms. The number of benzene rings is 1. The second-order valence-corrected chi connectivity index (χ2v) is 6.78. The van der Waals surface area contributed by atoms with Crippen LogP contribution in [0.25, 0.3) is 0 Å². The quantitative estimate of drug-likeness (QED) is 0.770. The van der Waals surface area contributed by atoms with Crippen LogP contribution in [0.5, 0.6) is 0 Å². The zero-order chi connectivity index (χ0) is 15.3. The summed E-state index contributed by atoms with van der Waals surface area (Å²) >= 11 is 9.59. The topological polar surface area (TPSA) is 23.6 Å². The molecule has 0 saturated carbocycles. The third kappa shape index (κ3) is 5.08. The number of hydrogen-bond acceptors (Lipinski definition) is 2. The van der Waals surface area contributed by atoms with Crippen LogP contribution in [0.15, 0.2) is 22.7 Å². The molecule has 20 heavy (non-hydrogen) atoms. The number of hydrogen-bond donors (Lipinski definition) is 0. The number of halogens is 2. The highest BCUT2D eigenvalue weighted by Crippen LogP contribution is 2.27. The van der Waals surface area contributed by atoms with Crippen LogP contribution in [0.4, 0.5) is 0 Å². The number of nitrogens with zero attached hydrogens (tertiary/aromatic N) is 2. The SMILES string of the molecule is CC(C)CN(CCN(C)C)C(=O)c1cccc(Br)c1Cl. The van der Waals surface area contributed by atoms with Crippen molar-refractivity contribution in [2.75, 3.05) is 33.7 Å². The molecular formula is C15H22BrClN2O. The first-order valence-corrected chi connectivity index (χ1v) is 7.88. The Kier molecular flexibility index (Phi) is 7.00. The summed E-state index contributed by atoms with van der Waals surface area (Å²) in [6.45, 7) is 6.49. The van der Waals surface area contributed by atoms with Gasteiger partial charge >= 0.3 is 0 Å². The van der Waals surface area contributed by atoms with Gasteiger partial charge in [0.25, 0.3) is 5.91 Å². The lowest BCUT2D eigenvalue weighted by molar-refractivity contribution is 0.0725. The minimum Gasteiger partial charge on any atom is -0.337 e. The molecule has 0 aliphatic carbocycles. The van der Waals surface area contributed by atoms with Crippen LogP contribution in [0.3, 0.4) is 0 Å². The third-order valence-corrected chi connectivity index (χ3v) is 4.17. The molecule has 0 fully saturated rings. The number of amides is 1. The second kappa shape index (κ2) is 8.01. The summed E-state index contributed by atoms with van der Waals surface area (Å²) in [5, 5.41) is 0.483. The van der Waals surface area contributed by atoms with E-state index in [0.717, 1.165) is 17.6 Å². The lowest BCUT2D eigenvalue weighted by atomic mass is 10.1. The van der Waals surface area contributed by atoms with Crippen molar-refractivity contribution < 1.29 is 4.79 Å². The van der Waals surface area contributed by atoms with E-state index < -0.39 is 0 Å². The molecule has 0 atom stereocenters. The number of carbonyl (C=O) groups excluding carboxylic acids is 1. The van der Waals surface area contributed by atoms with Crippen molar-refractivity contribution >= 4 is 33.4 Å². The van der Waals surface area contributed by atoms with Gasteiger partial charge in [0.05, 0.1) is 10.6 Å². The molecule has 0 aliphatic rings. The minimum atomic E-state index is -0.00755. The smallest absolute Gasteiger partial charge is 0.255 e. The highest BCUT2D eigenvalue weighted by molar-refractivity contribution is 9.10. The fraction of sp³-hybridized carbons (Fsp3) is 0.533. The third-order valence-electron chi connectivity index (χ3n) is 2.87. The molecule has 0 spiro atoms. The summed E-state index contributed by atoms with van der Waals surface area (Å²) < 4.78 is 0.752. The Morgan fingerprint density at radius 3 is 2.50 bits per heavy atom. The zero-order valence-corrected chi connectivity index (χ0v) is 14.8. The predicted molar refractivity (Wildman–Crippen MR) is 88.4 cm³/mol. The van der Waals surface area contributed by atoms with E-state index in [1.54, 1.807) is 6.07 Å². The van der Waals surface area contributed by atoms with Gasteiger partial charge in [0, 0.05) is 24.1 Å². The van der Waals surface area contributed by atoms with Gasteiger partial charge in [0.2, 0.25) is 0 Å². The van der Waals surface area contributed by atoms with Gasteiger partial charge in [-0.15, -0.1) is 0 Å². The molecule has 3 nitrogen and oxygen atoms in total. The van der Waals surface area contributed by atoms with Crippen LogP contribution in [0.2, 0.25) is 5.02 Å². The lowest BCUT2D eigenvalue weighted by Gasteiger charge is -2.26. The Bertz CT molecular complexity index is 463. The fourth-order valence-corrected chi connectivity index (χ4v) is 2.45. The van der Waals surface area contributed by atoms with Crippen LogP contribution in [-0.2, 0) is 0 Å². The second-order valence-electron chi connectivity index (χ2n) is 5.55. The molecule has 0 N–H and O–H groups in total. The predicted octanol–water partition coefficient (Wildman–Crippen LogP) is 3.76. The number of rotatable bonds is 6. The summed E-state index contributed by atoms with van der Waals surface area (Å²) in [6.07, 6.45) is 0. The van der Waals surface area contributed by atoms with Gasteiger partial charge in [-0.25, -0.2) is 0 Å². The molecule has 1 aromatic carbocycles. The van der Waals surface area contributed by atoms with E-state index in [0.29, 0.717) is 23.0 Å². The van der Waals surface area contributed by atoms with Gasteiger partial charge in [-0.2, -0.15) is 0 Å². The van der Waals surface area contributed by atoms with Crippen LogP contribution < -0.4 is 0 Å². The number of carbonyl (C=O) groups is 1. The lowest BCUT2D eigenvalue weighted by Crippen LogP contribution is -2.39. The molecule has 1 rings (SSSR count). The van der Waals surface area contributed by atoms with Crippen LogP contribution >= 0.6 is 27.5 Å². The summed E-state index contributed by atoms with van der Waals surface area (Å²) in [6, 6.07) is 5.45. The summed E-state index contributed by atoms with van der Waals surface area (Å²) in [7, 11) is 4.01. The largest absolute Gasteiger partial charge is 0.337 e. The van der Waals surface area contributed by atoms with E-state index >= 15 is 0 Å². The van der Waals surface area contributed by atoms with E-state index in [1.165, 1.54) is 0 Å². The Labute approximate surface area is 135 Å². The van der Waals surface area contributed by atoms with Gasteiger partial charge in [0.15, 0.2) is 0 Å². The molecule has 0 radical (unpaired) electrons. The molecule has 1 amide bonds. The highest BCUT2D eigenvalue weighted by atomic mass is 79.9. The van der Waals surface area contributed by atoms with Crippen molar-refractivity contribution in [1.29, 1.82) is 0 Å². The van der Waals surface area contributed by atoms with Crippen molar-refractivity contribution in [3.05, 3.63) is 33.3 Å². The molecule has 0 unspecified atom stereocenters. The molecular weight excluding hydrogens is 340 g/mol. The Balaban J connectivity index is 2.94. The zero-order valence-electron chi connectivity index (χ0n) is 12.5. The molecule has 0 heterocycles. The molecule has 112 valence electrons. The van der Waals surface area contributed by atoms with Crippen LogP contribution in [-0.4, -0.2) is 49.4 Å². The van der Waals surface area contributed by atoms with Crippen molar-refractivity contribution in [2.24, 2.45) is 5.92 Å². The first-order chi connectivity index (χ1) is 9.32. The normalized spacial score (nSPS) is 11.2. The average molecular weight is 362 g/mol. The van der Waals surface area contributed by atoms with Crippen molar-refractivity contribution in [3.8, 4) is 0 Å². The summed E-state index contributed by atoms with van der Waals surface area (Å²) in [5.41, 5.74) is 0.556. The molecule has 0 aliphatic heterocycles. The molecule has 0 saturated heterocycles. The maximum Gasteiger partial charge on any atom is 0.255 e. The monoisotopic (exact) mass is 360 g/mol. The van der Waals surface area contributed by atoms with Gasteiger partial charge in [0.1, 0.15) is 0 Å². The van der Waals surface area contributed by atoms with Gasteiger partial charge in [-0.3, -0.25) is 4.79 Å². The maximum atomic E-state index is 12.7. The van der Waals surface area contributed by atoms with E-state index in [-0.39, 0.29) is 5.91 Å². The van der Waals surface area contributed by atoms with E-state index in [2.05, 4.69) is 34.7 Å². The van der Waals surface area contributed by atoms with Crippen molar-refractivity contribution in [3.63, 3.8) is 0 Å². The molecule has 0 aromatic heterocycles. The summed E-state index contributed by atoms with van der Waals surface area (Å²) in [4.78, 5) is 16.6. The molecule has 0 bridgehead atoms. The van der Waals surface area contributed by atoms with Gasteiger partial charge in [-0.05, 0) is 48.1 Å². The first kappa shape index (κ1) is 17.5. The van der Waals surface area contributed by atoms with Gasteiger partial charge < -0.3 is 9.80 Å². The summed E-state index contributed by atoms with van der Waals surface area (Å²) in [5.74, 6) is 0.416. The van der Waals surface area contributed by atoms with E-state index in [9.17, 15) is 4.79 Å². The van der Waals surface area contributed by atoms with Crippen molar-refractivity contribution in [1.82, 2.24) is 9.80 Å². The Morgan fingerprint density at radius 2 is 1.95 bits per heavy atom. The van der Waals surface area contributed by atoms with Crippen LogP contribution in [0.1, 0.15) is 24.2 Å². The standard InChI is InChI=1S/C15H22BrClN2O/c1-11(2)10-19(9-8-18(3)4)15(20)12-6-5-7-13(16)14(12)17/h5-7,11H,8-10H2,1-4H3. The van der Waals surface area contributed by atoms with E-state index in [4.69, 9.17) is 11.6 Å². The number of likely N-dealkylation sites (N-methyl/N-ethyl adjacent to an activating group) is 1. The Morgan fingerprint density at radius 1 is 1.30 bits per heavy atom. The maximum absolute atomic E-state index is 12.7. The Hall–Kier alpha value is -0.580. The fourth-order valence-electron chi connectivity index (χ4n) is 1.88.